The molecule has 14 rings (SSSR count). The van der Waals surface area contributed by atoms with Crippen molar-refractivity contribution in [1.29, 1.82) is 0 Å². The van der Waals surface area contributed by atoms with Gasteiger partial charge in [0.15, 0.2) is 0 Å². The Labute approximate surface area is 466 Å². The fourth-order valence-corrected chi connectivity index (χ4v) is 13.3. The summed E-state index contributed by atoms with van der Waals surface area (Å²) >= 11 is 0. The summed E-state index contributed by atoms with van der Waals surface area (Å²) in [5.74, 6) is 0. The van der Waals surface area contributed by atoms with Gasteiger partial charge in [-0.3, -0.25) is 0 Å². The Hall–Kier alpha value is -9.12. The lowest BCUT2D eigenvalue weighted by Gasteiger charge is -2.45. The molecule has 2 aliphatic heterocycles. The highest BCUT2D eigenvalue weighted by Gasteiger charge is 2.48. The Morgan fingerprint density at radius 3 is 1.49 bits per heavy atom. The van der Waals surface area contributed by atoms with E-state index in [-0.39, 0.29) is 17.5 Å². The molecule has 2 heterocycles. The van der Waals surface area contributed by atoms with Gasteiger partial charge in [-0.1, -0.05) is 230 Å². The van der Waals surface area contributed by atoms with E-state index in [0.717, 1.165) is 34.1 Å². The fourth-order valence-electron chi connectivity index (χ4n) is 13.3. The number of hydrogen-bond donors (Lipinski definition) is 0. The van der Waals surface area contributed by atoms with E-state index >= 15 is 0 Å². The zero-order valence-electron chi connectivity index (χ0n) is 45.8. The molecule has 0 amide bonds. The van der Waals surface area contributed by atoms with E-state index in [0.29, 0.717) is 0 Å². The predicted molar refractivity (Wildman–Crippen MR) is 335 cm³/mol. The van der Waals surface area contributed by atoms with Gasteiger partial charge in [-0.2, -0.15) is 0 Å². The largest absolute Gasteiger partial charge is 0.311 e. The van der Waals surface area contributed by atoms with E-state index in [2.05, 4.69) is 323 Å². The first-order chi connectivity index (χ1) is 38.5. The molecule has 0 unspecified atom stereocenters. The van der Waals surface area contributed by atoms with Crippen LogP contribution >= 0.6 is 0 Å². The number of hydrogen-bond acceptors (Lipinski definition) is 3. The molecule has 1 aliphatic carbocycles. The number of nitrogens with zero attached hydrogens (tertiary/aromatic N) is 3. The molecule has 11 aromatic carbocycles. The van der Waals surface area contributed by atoms with Gasteiger partial charge in [0.2, 0.25) is 0 Å². The molecule has 11 aromatic rings. The van der Waals surface area contributed by atoms with Gasteiger partial charge in [-0.15, -0.1) is 0 Å². The van der Waals surface area contributed by atoms with Crippen molar-refractivity contribution < 1.29 is 0 Å². The second-order valence-corrected chi connectivity index (χ2v) is 23.7. The van der Waals surface area contributed by atoms with Crippen LogP contribution in [0.25, 0.3) is 22.3 Å². The average molecular weight is 1020 g/mol. The third kappa shape index (κ3) is 7.71. The molecule has 0 N–H and O–H groups in total. The lowest BCUT2D eigenvalue weighted by molar-refractivity contribution is 0.590. The monoisotopic (exact) mass is 1020 g/mol. The van der Waals surface area contributed by atoms with Crippen LogP contribution in [-0.2, 0) is 16.2 Å². The summed E-state index contributed by atoms with van der Waals surface area (Å²) in [6, 6.07) is 100. The van der Waals surface area contributed by atoms with Crippen molar-refractivity contribution >= 4 is 74.3 Å². The van der Waals surface area contributed by atoms with E-state index in [9.17, 15) is 0 Å². The minimum Gasteiger partial charge on any atom is -0.311 e. The molecule has 0 aromatic heterocycles. The van der Waals surface area contributed by atoms with Gasteiger partial charge < -0.3 is 14.7 Å². The number of rotatable bonds is 8. The van der Waals surface area contributed by atoms with Gasteiger partial charge in [0.05, 0.1) is 11.1 Å². The summed E-state index contributed by atoms with van der Waals surface area (Å²) in [6.07, 6.45) is 0. The Morgan fingerprint density at radius 2 is 0.873 bits per heavy atom. The Balaban J connectivity index is 1.08. The number of fused-ring (bicyclic) bond motifs is 7. The molecule has 3 nitrogen and oxygen atoms in total. The van der Waals surface area contributed by atoms with Gasteiger partial charge in [0.25, 0.3) is 6.71 Å². The van der Waals surface area contributed by atoms with Crippen LogP contribution in [0, 0.1) is 0 Å². The number of anilines is 9. The number of benzene rings is 11. The molecule has 0 saturated heterocycles. The lowest BCUT2D eigenvalue weighted by atomic mass is 9.33. The maximum absolute atomic E-state index is 2.60. The average Bonchev–Trinajstić information content (AvgIpc) is 2.95. The van der Waals surface area contributed by atoms with Gasteiger partial charge in [-0.25, -0.2) is 0 Å². The quantitative estimate of drug-likeness (QED) is 0.140. The first-order valence-corrected chi connectivity index (χ1v) is 28.0. The summed E-state index contributed by atoms with van der Waals surface area (Å²) in [4.78, 5) is 7.59. The van der Waals surface area contributed by atoms with Crippen LogP contribution < -0.4 is 31.1 Å². The van der Waals surface area contributed by atoms with Crippen molar-refractivity contribution in [3.63, 3.8) is 0 Å². The Kier molecular flexibility index (Phi) is 11.3. The third-order valence-corrected chi connectivity index (χ3v) is 17.0. The highest BCUT2D eigenvalue weighted by atomic mass is 15.2. The van der Waals surface area contributed by atoms with Crippen molar-refractivity contribution in [1.82, 2.24) is 0 Å². The maximum Gasteiger partial charge on any atom is 0.252 e. The normalized spacial score (nSPS) is 13.7. The maximum atomic E-state index is 2.60. The van der Waals surface area contributed by atoms with E-state index in [1.165, 1.54) is 89.1 Å². The number of para-hydroxylation sites is 2. The van der Waals surface area contributed by atoms with Crippen molar-refractivity contribution in [2.24, 2.45) is 0 Å². The van der Waals surface area contributed by atoms with Gasteiger partial charge >= 0.3 is 0 Å². The second-order valence-electron chi connectivity index (χ2n) is 23.7. The van der Waals surface area contributed by atoms with Crippen molar-refractivity contribution in [3.8, 4) is 22.3 Å². The van der Waals surface area contributed by atoms with Gasteiger partial charge in [0, 0.05) is 51.1 Å². The minimum atomic E-state index is -0.576. The van der Waals surface area contributed by atoms with Crippen LogP contribution in [0.15, 0.2) is 267 Å². The van der Waals surface area contributed by atoms with Crippen LogP contribution in [0.5, 0.6) is 0 Å². The highest BCUT2D eigenvalue weighted by Crippen LogP contribution is 2.58. The molecule has 79 heavy (non-hydrogen) atoms. The predicted octanol–water partition coefficient (Wildman–Crippen LogP) is 17.9. The standard InChI is InChI=1S/C75H62BN3/c1-73(2,3)54-39-45-67(62(47-54)51-25-12-7-13-26-51)79-68-46-40-55(74(4,5)6)48-66(68)76-65-44-42-59(77(56-31-18-10-19-32-56)57-33-20-11-21-34-57)50-71(65)78(69-37-24-38-70(79)72(69)76)58-41-43-61-60-35-22-23-36-63(60)75(64(61)49-58,52-27-14-8-15-28-52)53-29-16-9-17-30-53/h7-50H,1-6H3. The Morgan fingerprint density at radius 1 is 0.342 bits per heavy atom. The fraction of sp³-hybridized carbons (Fsp3) is 0.120. The Bertz CT molecular complexity index is 4020. The van der Waals surface area contributed by atoms with E-state index < -0.39 is 5.41 Å². The zero-order valence-corrected chi connectivity index (χ0v) is 45.8. The smallest absolute Gasteiger partial charge is 0.252 e. The lowest BCUT2D eigenvalue weighted by Crippen LogP contribution is -2.61. The van der Waals surface area contributed by atoms with Crippen LogP contribution in [0.2, 0.25) is 0 Å². The molecular formula is C75H62BN3. The molecule has 3 aliphatic rings. The van der Waals surface area contributed by atoms with Crippen LogP contribution in [0.3, 0.4) is 0 Å². The first-order valence-electron chi connectivity index (χ1n) is 28.0. The summed E-state index contributed by atoms with van der Waals surface area (Å²) in [6.45, 7) is 13.9. The first kappa shape index (κ1) is 48.3. The second kappa shape index (κ2) is 18.5. The summed E-state index contributed by atoms with van der Waals surface area (Å²) < 4.78 is 0. The summed E-state index contributed by atoms with van der Waals surface area (Å²) in [5.41, 5.74) is 26.1. The molecule has 380 valence electrons. The van der Waals surface area contributed by atoms with Gasteiger partial charge in [0.1, 0.15) is 0 Å². The van der Waals surface area contributed by atoms with Crippen molar-refractivity contribution in [3.05, 3.63) is 300 Å². The van der Waals surface area contributed by atoms with Crippen LogP contribution in [-0.4, -0.2) is 6.71 Å². The summed E-state index contributed by atoms with van der Waals surface area (Å²) in [7, 11) is 0. The van der Waals surface area contributed by atoms with Crippen LogP contribution in [0.1, 0.15) is 74.9 Å². The SMILES string of the molecule is CC(C)(C)c1ccc2c(c1)B1c3ccc(N(c4ccccc4)c4ccccc4)cc3N(c3ccc4c(c3)C(c3ccccc3)(c3ccccc3)c3ccccc3-4)c3cccc(c31)N2c1ccc(C(C)(C)C)cc1-c1ccccc1. The molecular weight excluding hydrogens is 954 g/mol. The molecule has 0 atom stereocenters. The summed E-state index contributed by atoms with van der Waals surface area (Å²) in [5, 5.41) is 0. The molecule has 0 fully saturated rings. The van der Waals surface area contributed by atoms with E-state index in [1.54, 1.807) is 0 Å². The minimum absolute atomic E-state index is 0.0456. The van der Waals surface area contributed by atoms with Gasteiger partial charge in [-0.05, 0) is 156 Å². The third-order valence-electron chi connectivity index (χ3n) is 17.0. The topological polar surface area (TPSA) is 9.72 Å². The molecule has 0 saturated carbocycles. The van der Waals surface area contributed by atoms with Crippen LogP contribution in [0.4, 0.5) is 51.2 Å². The van der Waals surface area contributed by atoms with E-state index in [4.69, 9.17) is 0 Å². The molecule has 0 spiro atoms. The molecule has 0 bridgehead atoms. The van der Waals surface area contributed by atoms with Crippen molar-refractivity contribution in [2.45, 2.75) is 57.8 Å². The highest BCUT2D eigenvalue weighted by molar-refractivity contribution is 7.00. The molecule has 4 heteroatoms. The molecule has 0 radical (unpaired) electrons. The van der Waals surface area contributed by atoms with Crippen molar-refractivity contribution in [2.75, 3.05) is 14.7 Å². The van der Waals surface area contributed by atoms with E-state index in [1.807, 2.05) is 0 Å². The zero-order chi connectivity index (χ0) is 53.6.